The molecule has 2 aromatic heterocycles. The number of aromatic amines is 1. The summed E-state index contributed by atoms with van der Waals surface area (Å²) < 4.78 is 1.76. The van der Waals surface area contributed by atoms with Crippen LogP contribution in [-0.4, -0.2) is 24.9 Å². The third kappa shape index (κ3) is 2.26. The van der Waals surface area contributed by atoms with Crippen LogP contribution in [0, 0.1) is 0 Å². The van der Waals surface area contributed by atoms with Crippen LogP contribution in [0.3, 0.4) is 0 Å². The smallest absolute Gasteiger partial charge is 0.258 e. The third-order valence-corrected chi connectivity index (χ3v) is 3.69. The minimum atomic E-state index is -0.277. The Morgan fingerprint density at radius 2 is 1.91 bits per heavy atom. The first-order valence-electron chi connectivity index (χ1n) is 7.03. The fraction of sp³-hybridized carbons (Fsp3) is 0. The number of aromatic hydroxyl groups is 1. The van der Waals surface area contributed by atoms with Gasteiger partial charge in [-0.2, -0.15) is 5.10 Å². The Morgan fingerprint density at radius 1 is 1.09 bits per heavy atom. The number of H-pyrrole nitrogens is 1. The van der Waals surface area contributed by atoms with Gasteiger partial charge in [-0.05, 0) is 41.5 Å². The van der Waals surface area contributed by atoms with E-state index in [1.54, 1.807) is 23.0 Å². The molecule has 0 bridgehead atoms. The van der Waals surface area contributed by atoms with Crippen LogP contribution in [0.4, 0.5) is 0 Å². The van der Waals surface area contributed by atoms with Gasteiger partial charge in [-0.15, -0.1) is 0 Å². The van der Waals surface area contributed by atoms with Crippen molar-refractivity contribution in [2.45, 2.75) is 0 Å². The Hall–Kier alpha value is -3.41. The second-order valence-electron chi connectivity index (χ2n) is 5.12. The number of hydrogen-bond donors (Lipinski definition) is 2. The molecule has 4 aromatic rings. The number of phenols is 1. The number of nitrogens with one attached hydrogen (secondary N) is 1. The van der Waals surface area contributed by atoms with E-state index < -0.39 is 0 Å². The van der Waals surface area contributed by atoms with E-state index in [0.717, 1.165) is 16.8 Å². The molecule has 0 saturated carbocycles. The van der Waals surface area contributed by atoms with E-state index in [2.05, 4.69) is 15.1 Å². The van der Waals surface area contributed by atoms with Gasteiger partial charge in [-0.1, -0.05) is 12.1 Å². The minimum Gasteiger partial charge on any atom is -0.506 e. The zero-order valence-corrected chi connectivity index (χ0v) is 12.0. The van der Waals surface area contributed by atoms with Gasteiger partial charge in [0, 0.05) is 12.4 Å². The van der Waals surface area contributed by atoms with Gasteiger partial charge in [-0.3, -0.25) is 4.79 Å². The second kappa shape index (κ2) is 5.10. The van der Waals surface area contributed by atoms with Crippen LogP contribution in [0.5, 0.6) is 5.75 Å². The highest BCUT2D eigenvalue weighted by molar-refractivity contribution is 5.88. The van der Waals surface area contributed by atoms with Crippen LogP contribution >= 0.6 is 0 Å². The molecule has 0 aliphatic carbocycles. The quantitative estimate of drug-likeness (QED) is 0.596. The van der Waals surface area contributed by atoms with Crippen LogP contribution < -0.4 is 5.56 Å². The van der Waals surface area contributed by atoms with Crippen molar-refractivity contribution in [1.82, 2.24) is 19.7 Å². The van der Waals surface area contributed by atoms with Crippen molar-refractivity contribution in [2.24, 2.45) is 0 Å². The van der Waals surface area contributed by atoms with Gasteiger partial charge in [0.2, 0.25) is 0 Å². The molecular formula is C17H12N4O2. The lowest BCUT2D eigenvalue weighted by atomic mass is 10.0. The average Bonchev–Trinajstić information content (AvgIpc) is 3.10. The number of nitrogens with zero attached hydrogens (tertiary/aromatic N) is 3. The maximum atomic E-state index is 11.9. The van der Waals surface area contributed by atoms with Crippen molar-refractivity contribution in [3.8, 4) is 22.6 Å². The highest BCUT2D eigenvalue weighted by Crippen LogP contribution is 2.29. The molecule has 112 valence electrons. The average molecular weight is 304 g/mol. The normalized spacial score (nSPS) is 11.0. The van der Waals surface area contributed by atoms with Crippen LogP contribution in [0.25, 0.3) is 27.7 Å². The molecule has 0 aliphatic heterocycles. The number of rotatable bonds is 2. The molecule has 0 amide bonds. The Balaban J connectivity index is 1.83. The summed E-state index contributed by atoms with van der Waals surface area (Å²) in [5.74, 6) is -0.0141. The second-order valence-corrected chi connectivity index (χ2v) is 5.12. The monoisotopic (exact) mass is 304 g/mol. The van der Waals surface area contributed by atoms with Crippen LogP contribution in [0.15, 0.2) is 66.0 Å². The van der Waals surface area contributed by atoms with E-state index in [-0.39, 0.29) is 11.3 Å². The summed E-state index contributed by atoms with van der Waals surface area (Å²) in [5, 5.41) is 14.7. The fourth-order valence-electron chi connectivity index (χ4n) is 2.56. The zero-order valence-electron chi connectivity index (χ0n) is 12.0. The number of benzene rings is 2. The van der Waals surface area contributed by atoms with Gasteiger partial charge in [0.15, 0.2) is 0 Å². The summed E-state index contributed by atoms with van der Waals surface area (Å²) in [6, 6.07) is 12.9. The lowest BCUT2D eigenvalue weighted by Gasteiger charge is -2.07. The van der Waals surface area contributed by atoms with Crippen molar-refractivity contribution in [3.05, 3.63) is 71.5 Å². The van der Waals surface area contributed by atoms with Crippen LogP contribution in [0.2, 0.25) is 0 Å². The molecule has 6 nitrogen and oxygen atoms in total. The molecule has 2 aromatic carbocycles. The summed E-state index contributed by atoms with van der Waals surface area (Å²) in [7, 11) is 0. The first-order valence-corrected chi connectivity index (χ1v) is 7.03. The predicted octanol–water partition coefficient (Wildman–Crippen LogP) is 2.48. The molecule has 6 heteroatoms. The van der Waals surface area contributed by atoms with Crippen LogP contribution in [0.1, 0.15) is 0 Å². The summed E-state index contributed by atoms with van der Waals surface area (Å²) in [6.07, 6.45) is 4.86. The lowest BCUT2D eigenvalue weighted by Crippen LogP contribution is -2.06. The van der Waals surface area contributed by atoms with Crippen molar-refractivity contribution >= 4 is 10.9 Å². The molecule has 2 N–H and O–H groups in total. The van der Waals surface area contributed by atoms with E-state index in [1.807, 2.05) is 36.5 Å². The Kier molecular flexibility index (Phi) is 2.94. The minimum absolute atomic E-state index is 0.0141. The standard InChI is InChI=1S/C17H12N4O2/c22-15-9-12(8-14-16(15)18-10-19-17(14)23)11-2-4-13(5-3-11)21-7-1-6-20-21/h1-10,22H,(H,18,19,23). The first kappa shape index (κ1) is 13.3. The third-order valence-electron chi connectivity index (χ3n) is 3.69. The molecule has 23 heavy (non-hydrogen) atoms. The van der Waals surface area contributed by atoms with E-state index in [9.17, 15) is 9.90 Å². The number of fused-ring (bicyclic) bond motifs is 1. The lowest BCUT2D eigenvalue weighted by molar-refractivity contribution is 0.480. The van der Waals surface area contributed by atoms with Crippen LogP contribution in [-0.2, 0) is 0 Å². The van der Waals surface area contributed by atoms with E-state index in [1.165, 1.54) is 6.33 Å². The van der Waals surface area contributed by atoms with Crippen molar-refractivity contribution in [1.29, 1.82) is 0 Å². The molecular weight excluding hydrogens is 292 g/mol. The molecule has 0 aliphatic rings. The maximum Gasteiger partial charge on any atom is 0.258 e. The fourth-order valence-corrected chi connectivity index (χ4v) is 2.56. The van der Waals surface area contributed by atoms with Gasteiger partial charge in [0.25, 0.3) is 5.56 Å². The predicted molar refractivity (Wildman–Crippen MR) is 86.6 cm³/mol. The molecule has 0 saturated heterocycles. The van der Waals surface area contributed by atoms with Gasteiger partial charge in [-0.25, -0.2) is 9.67 Å². The van der Waals surface area contributed by atoms with E-state index in [0.29, 0.717) is 10.9 Å². The molecule has 0 unspecified atom stereocenters. The van der Waals surface area contributed by atoms with Crippen molar-refractivity contribution in [2.75, 3.05) is 0 Å². The van der Waals surface area contributed by atoms with Crippen molar-refractivity contribution < 1.29 is 5.11 Å². The maximum absolute atomic E-state index is 11.9. The summed E-state index contributed by atoms with van der Waals surface area (Å²) in [5.41, 5.74) is 2.59. The molecule has 0 radical (unpaired) electrons. The van der Waals surface area contributed by atoms with Gasteiger partial charge in [0.05, 0.1) is 17.4 Å². The van der Waals surface area contributed by atoms with Gasteiger partial charge in [0.1, 0.15) is 11.3 Å². The molecule has 2 heterocycles. The Morgan fingerprint density at radius 3 is 2.65 bits per heavy atom. The highest BCUT2D eigenvalue weighted by Gasteiger charge is 2.09. The topological polar surface area (TPSA) is 83.8 Å². The SMILES string of the molecule is O=c1[nH]cnc2c(O)cc(-c3ccc(-n4cccn4)cc3)cc12. The highest BCUT2D eigenvalue weighted by atomic mass is 16.3. The Labute approximate surface area is 130 Å². The van der Waals surface area contributed by atoms with Crippen molar-refractivity contribution in [3.63, 3.8) is 0 Å². The molecule has 0 atom stereocenters. The first-order chi connectivity index (χ1) is 11.2. The summed E-state index contributed by atoms with van der Waals surface area (Å²) >= 11 is 0. The van der Waals surface area contributed by atoms with E-state index >= 15 is 0 Å². The zero-order chi connectivity index (χ0) is 15.8. The number of hydrogen-bond acceptors (Lipinski definition) is 4. The molecule has 0 spiro atoms. The summed E-state index contributed by atoms with van der Waals surface area (Å²) in [4.78, 5) is 18.4. The number of aromatic nitrogens is 4. The molecule has 0 fully saturated rings. The van der Waals surface area contributed by atoms with Gasteiger partial charge >= 0.3 is 0 Å². The van der Waals surface area contributed by atoms with E-state index in [4.69, 9.17) is 0 Å². The van der Waals surface area contributed by atoms with Gasteiger partial charge < -0.3 is 10.1 Å². The number of phenolic OH excluding ortho intramolecular Hbond substituents is 1. The molecule has 4 rings (SSSR count). The summed E-state index contributed by atoms with van der Waals surface area (Å²) in [6.45, 7) is 0. The Bertz CT molecular complexity index is 1030. The largest absolute Gasteiger partial charge is 0.506 e.